The van der Waals surface area contributed by atoms with Crippen LogP contribution < -0.4 is 14.4 Å². The number of benzene rings is 2. The minimum atomic E-state index is -1.37. The average Bonchev–Trinajstić information content (AvgIpc) is 3.56. The Bertz CT molecular complexity index is 2160. The van der Waals surface area contributed by atoms with Crippen LogP contribution in [-0.4, -0.2) is 119 Å². The van der Waals surface area contributed by atoms with Gasteiger partial charge in [-0.1, -0.05) is 18.4 Å². The summed E-state index contributed by atoms with van der Waals surface area (Å²) in [7, 11) is 1.37. The van der Waals surface area contributed by atoms with Crippen LogP contribution in [0.2, 0.25) is 0 Å². The number of methoxy groups -OCH3 is 1. The predicted octanol–water partition coefficient (Wildman–Crippen LogP) is 5.21. The number of piperidine rings is 1. The molecule has 5 heterocycles. The molecule has 3 aliphatic heterocycles. The number of halogens is 2. The van der Waals surface area contributed by atoms with Crippen molar-refractivity contribution >= 4 is 27.5 Å². The topological polar surface area (TPSA) is 143 Å². The molecular weight excluding hydrogens is 724 g/mol. The van der Waals surface area contributed by atoms with Gasteiger partial charge in [-0.3, -0.25) is 4.90 Å². The summed E-state index contributed by atoms with van der Waals surface area (Å²) in [6.45, 7) is 5.34. The molecule has 2 aromatic carbocycles. The fourth-order valence-electron chi connectivity index (χ4n) is 9.56. The Hall–Kier alpha value is -4.39. The third kappa shape index (κ3) is 7.20. The first kappa shape index (κ1) is 38.5. The number of phenolic OH excluding ortho intramolecular Hbond substituents is 1. The number of aliphatic hydroxyl groups excluding tert-OH is 1. The summed E-state index contributed by atoms with van der Waals surface area (Å²) in [4.78, 5) is 18.5. The first-order valence-electron chi connectivity index (χ1n) is 19.5. The molecule has 0 amide bonds. The first-order valence-corrected chi connectivity index (χ1v) is 19.5. The highest BCUT2D eigenvalue weighted by Gasteiger charge is 2.49. The van der Waals surface area contributed by atoms with Gasteiger partial charge in [0.05, 0.1) is 45.1 Å². The molecule has 4 atom stereocenters. The second-order valence-electron chi connectivity index (χ2n) is 16.2. The van der Waals surface area contributed by atoms with E-state index in [0.717, 1.165) is 71.2 Å². The molecule has 8 rings (SSSR count). The van der Waals surface area contributed by atoms with Gasteiger partial charge in [-0.15, -0.1) is 6.42 Å². The van der Waals surface area contributed by atoms with E-state index in [9.17, 15) is 15.3 Å². The highest BCUT2D eigenvalue weighted by Crippen LogP contribution is 2.49. The van der Waals surface area contributed by atoms with Crippen molar-refractivity contribution in [1.82, 2.24) is 19.9 Å². The van der Waals surface area contributed by atoms with Crippen molar-refractivity contribution < 1.29 is 43.0 Å². The SMILES string of the molecule is C#Cc1c(F)ccc2cc(O)cc(-c3nc(OC)c4c(N5C[C@H](CO)OC[C@@](C)(O)C5)nc(OC[C@]56CCC[C@H]5N(CC5CCOCC5)CCC6)nc4c3F)c12. The van der Waals surface area contributed by atoms with Crippen LogP contribution in [0.4, 0.5) is 14.6 Å². The molecule has 2 aromatic heterocycles. The fraction of sp³-hybridized carbons (Fsp3) is 0.548. The number of pyridine rings is 1. The van der Waals surface area contributed by atoms with Gasteiger partial charge in [0.1, 0.15) is 39.6 Å². The first-order chi connectivity index (χ1) is 27.0. The van der Waals surface area contributed by atoms with Gasteiger partial charge < -0.3 is 39.2 Å². The van der Waals surface area contributed by atoms with Crippen LogP contribution >= 0.6 is 0 Å². The van der Waals surface area contributed by atoms with Gasteiger partial charge >= 0.3 is 6.01 Å². The fourth-order valence-corrected chi connectivity index (χ4v) is 9.56. The summed E-state index contributed by atoms with van der Waals surface area (Å²) in [5.41, 5.74) is -2.06. The van der Waals surface area contributed by atoms with Gasteiger partial charge in [0.25, 0.3) is 0 Å². The number of hydrogen-bond acceptors (Lipinski definition) is 12. The van der Waals surface area contributed by atoms with Crippen molar-refractivity contribution in [3.63, 3.8) is 0 Å². The van der Waals surface area contributed by atoms with Gasteiger partial charge in [-0.05, 0) is 81.5 Å². The molecule has 0 bridgehead atoms. The molecular formula is C42H49F2N5O7. The van der Waals surface area contributed by atoms with Crippen LogP contribution in [0.5, 0.6) is 17.6 Å². The smallest absolute Gasteiger partial charge is 0.319 e. The largest absolute Gasteiger partial charge is 0.508 e. The van der Waals surface area contributed by atoms with Crippen LogP contribution in [0.3, 0.4) is 0 Å². The summed E-state index contributed by atoms with van der Waals surface area (Å²) in [6, 6.07) is 5.60. The van der Waals surface area contributed by atoms with E-state index in [2.05, 4.69) is 15.8 Å². The lowest BCUT2D eigenvalue weighted by Gasteiger charge is -2.47. The number of anilines is 1. The molecule has 0 radical (unpaired) electrons. The number of phenols is 1. The van der Waals surface area contributed by atoms with Crippen molar-refractivity contribution in [3.05, 3.63) is 41.5 Å². The molecule has 1 saturated carbocycles. The number of β-amino-alcohol motifs (C(OH)–C–C–N with tert-alkyl or cyclic N) is 1. The third-order valence-corrected chi connectivity index (χ3v) is 12.2. The summed E-state index contributed by atoms with van der Waals surface area (Å²) in [5.74, 6) is 1.28. The lowest BCUT2D eigenvalue weighted by atomic mass is 9.75. The maximum absolute atomic E-state index is 17.4. The van der Waals surface area contributed by atoms with Gasteiger partial charge in [0.2, 0.25) is 5.88 Å². The van der Waals surface area contributed by atoms with Crippen molar-refractivity contribution in [2.75, 3.05) is 71.2 Å². The van der Waals surface area contributed by atoms with Crippen LogP contribution in [0.25, 0.3) is 32.9 Å². The quantitative estimate of drug-likeness (QED) is 0.192. The molecule has 56 heavy (non-hydrogen) atoms. The highest BCUT2D eigenvalue weighted by molar-refractivity contribution is 6.04. The summed E-state index contributed by atoms with van der Waals surface area (Å²) in [6.07, 6.45) is 12.4. The normalized spacial score (nSPS) is 26.3. The molecule has 298 valence electrons. The maximum atomic E-state index is 17.4. The Labute approximate surface area is 324 Å². The van der Waals surface area contributed by atoms with Crippen LogP contribution in [-0.2, 0) is 9.47 Å². The van der Waals surface area contributed by atoms with Gasteiger partial charge in [0.15, 0.2) is 5.82 Å². The summed E-state index contributed by atoms with van der Waals surface area (Å²) >= 11 is 0. The number of ether oxygens (including phenoxy) is 4. The molecule has 3 saturated heterocycles. The molecule has 0 unspecified atom stereocenters. The predicted molar refractivity (Wildman–Crippen MR) is 206 cm³/mol. The Morgan fingerprint density at radius 2 is 1.88 bits per heavy atom. The van der Waals surface area contributed by atoms with Gasteiger partial charge in [-0.2, -0.15) is 9.97 Å². The number of aromatic hydroxyl groups is 1. The molecule has 4 fully saturated rings. The molecule has 4 aromatic rings. The number of aromatic nitrogens is 3. The van der Waals surface area contributed by atoms with Crippen molar-refractivity contribution in [1.29, 1.82) is 0 Å². The highest BCUT2D eigenvalue weighted by atomic mass is 19.1. The van der Waals surface area contributed by atoms with E-state index in [4.69, 9.17) is 35.3 Å². The molecule has 12 nitrogen and oxygen atoms in total. The summed E-state index contributed by atoms with van der Waals surface area (Å²) < 4.78 is 56.4. The minimum absolute atomic E-state index is 0.0107. The standard InChI is InChI=1S/C42H49F2N5O7/c1-4-29-31(43)9-8-26-17-27(51)18-30(33(26)29)36-35(44)37-34(39(45-36)53-3)38(49-20-28(21-50)55-23-41(2,52)22-49)47-40(46-37)56-24-42-12-5-7-32(42)48(14-6-13-42)19-25-10-15-54-16-11-25/h1,8-9,17-18,25,28,32,50-52H,5-7,10-16,19-24H2,2-3H3/t28-,32-,41+,42-/m1/s1. The van der Waals surface area contributed by atoms with E-state index in [-0.39, 0.29) is 88.3 Å². The Balaban J connectivity index is 1.26. The van der Waals surface area contributed by atoms with E-state index >= 15 is 8.78 Å². The minimum Gasteiger partial charge on any atom is -0.508 e. The average molecular weight is 774 g/mol. The number of hydrogen-bond donors (Lipinski definition) is 3. The zero-order valence-corrected chi connectivity index (χ0v) is 31.9. The lowest BCUT2D eigenvalue weighted by molar-refractivity contribution is -0.0528. The van der Waals surface area contributed by atoms with Crippen LogP contribution in [0.15, 0.2) is 24.3 Å². The zero-order chi connectivity index (χ0) is 39.2. The van der Waals surface area contributed by atoms with Gasteiger partial charge in [0, 0.05) is 48.7 Å². The number of likely N-dealkylation sites (tertiary alicyclic amines) is 1. The Morgan fingerprint density at radius 1 is 1.07 bits per heavy atom. The zero-order valence-electron chi connectivity index (χ0n) is 31.9. The van der Waals surface area contributed by atoms with Gasteiger partial charge in [-0.25, -0.2) is 13.8 Å². The third-order valence-electron chi connectivity index (χ3n) is 12.2. The van der Waals surface area contributed by atoms with Crippen LogP contribution in [0.1, 0.15) is 57.4 Å². The number of nitrogens with zero attached hydrogens (tertiary/aromatic N) is 5. The monoisotopic (exact) mass is 773 g/mol. The molecule has 14 heteroatoms. The molecule has 4 aliphatic rings. The van der Waals surface area contributed by atoms with E-state index in [1.54, 1.807) is 11.8 Å². The van der Waals surface area contributed by atoms with E-state index < -0.39 is 23.3 Å². The van der Waals surface area contributed by atoms with Crippen molar-refractivity contribution in [2.45, 2.75) is 69.6 Å². The second kappa shape index (κ2) is 15.5. The van der Waals surface area contributed by atoms with Crippen molar-refractivity contribution in [2.24, 2.45) is 11.3 Å². The lowest BCUT2D eigenvalue weighted by Crippen LogP contribution is -2.53. The second-order valence-corrected chi connectivity index (χ2v) is 16.2. The van der Waals surface area contributed by atoms with Crippen LogP contribution in [0, 0.1) is 35.3 Å². The number of terminal acetylenes is 1. The van der Waals surface area contributed by atoms with E-state index in [1.807, 2.05) is 0 Å². The number of aliphatic hydroxyl groups is 2. The van der Waals surface area contributed by atoms with E-state index in [1.165, 1.54) is 31.4 Å². The molecule has 1 aliphatic carbocycles. The molecule has 3 N–H and O–H groups in total. The Morgan fingerprint density at radius 3 is 2.64 bits per heavy atom. The number of fused-ring (bicyclic) bond motifs is 3. The number of rotatable bonds is 9. The Kier molecular flexibility index (Phi) is 10.7. The van der Waals surface area contributed by atoms with E-state index in [0.29, 0.717) is 24.0 Å². The maximum Gasteiger partial charge on any atom is 0.319 e. The summed E-state index contributed by atoms with van der Waals surface area (Å²) in [5, 5.41) is 32.9. The van der Waals surface area contributed by atoms with Crippen molar-refractivity contribution in [3.8, 4) is 41.2 Å². The molecule has 0 spiro atoms.